The molecule has 0 bridgehead atoms. The Morgan fingerprint density at radius 2 is 2.00 bits per heavy atom. The molecular formula is C17H33ClN5O3PY-2. The maximum Gasteiger partial charge on any atom is 0.363 e. The van der Waals surface area contributed by atoms with Crippen LogP contribution in [0.15, 0.2) is 12.3 Å². The number of rotatable bonds is 12. The summed E-state index contributed by atoms with van der Waals surface area (Å²) in [5, 5.41) is 17.1. The number of aliphatic hydroxyl groups is 1. The molecule has 2 fully saturated rings. The fourth-order valence-electron chi connectivity index (χ4n) is 3.50. The summed E-state index contributed by atoms with van der Waals surface area (Å²) in [4.78, 5) is 2.53. The van der Waals surface area contributed by atoms with Crippen LogP contribution in [-0.4, -0.2) is 85.8 Å². The van der Waals surface area contributed by atoms with Crippen molar-refractivity contribution in [2.45, 2.75) is 37.8 Å². The van der Waals surface area contributed by atoms with Gasteiger partial charge in [-0.15, -0.1) is 19.2 Å². The summed E-state index contributed by atoms with van der Waals surface area (Å²) in [6.45, 7) is 1.98. The van der Waals surface area contributed by atoms with Crippen LogP contribution in [0.3, 0.4) is 0 Å². The summed E-state index contributed by atoms with van der Waals surface area (Å²) < 4.78 is 19.8. The molecule has 28 heavy (non-hydrogen) atoms. The van der Waals surface area contributed by atoms with Gasteiger partial charge in [-0.25, -0.2) is 4.67 Å². The van der Waals surface area contributed by atoms with Crippen molar-refractivity contribution >= 4 is 18.1 Å². The Kier molecular flexibility index (Phi) is 14.3. The Balaban J connectivity index is 0.00000392. The standard InChI is InChI=1S/C17H33ClN5O3P.Y/c18-27(25,23-12-4-16(5-13-23)22-10-1-2-11-22)26-15-17(24)14-21-9-8-20-7-3-6-19;/h3,7,16-17,19,21,24H,1-2,4-6,8-15H2;/q-2;/b7-3-;. The van der Waals surface area contributed by atoms with E-state index in [1.54, 1.807) is 16.9 Å². The minimum Gasteiger partial charge on any atom is -0.690 e. The normalized spacial score (nSPS) is 22.8. The second-order valence-corrected chi connectivity index (χ2v) is 10.0. The van der Waals surface area contributed by atoms with Gasteiger partial charge in [0, 0.05) is 58.4 Å². The third-order valence-corrected chi connectivity index (χ3v) is 7.47. The van der Waals surface area contributed by atoms with Gasteiger partial charge in [0.15, 0.2) is 0 Å². The van der Waals surface area contributed by atoms with E-state index in [1.807, 2.05) is 0 Å². The van der Waals surface area contributed by atoms with Crippen LogP contribution in [0.5, 0.6) is 0 Å². The van der Waals surface area contributed by atoms with Crippen molar-refractivity contribution in [3.05, 3.63) is 23.3 Å². The molecular weight excluding hydrogens is 478 g/mol. The van der Waals surface area contributed by atoms with Crippen LogP contribution >= 0.6 is 18.1 Å². The number of likely N-dealkylation sites (tertiary alicyclic amines) is 1. The van der Waals surface area contributed by atoms with Gasteiger partial charge >= 0.3 is 6.87 Å². The van der Waals surface area contributed by atoms with Crippen molar-refractivity contribution in [2.24, 2.45) is 0 Å². The molecule has 8 nitrogen and oxygen atoms in total. The number of nitrogens with zero attached hydrogens (tertiary/aromatic N) is 3. The molecule has 3 N–H and O–H groups in total. The van der Waals surface area contributed by atoms with E-state index in [2.05, 4.69) is 15.5 Å². The van der Waals surface area contributed by atoms with E-state index < -0.39 is 13.0 Å². The molecule has 2 rings (SSSR count). The maximum atomic E-state index is 12.7. The van der Waals surface area contributed by atoms with E-state index in [0.29, 0.717) is 38.8 Å². The van der Waals surface area contributed by atoms with E-state index in [1.165, 1.54) is 25.9 Å². The zero-order chi connectivity index (χ0) is 19.5. The van der Waals surface area contributed by atoms with Crippen molar-refractivity contribution in [3.63, 3.8) is 0 Å². The average Bonchev–Trinajstić information content (AvgIpc) is 3.21. The van der Waals surface area contributed by atoms with Crippen molar-refractivity contribution in [1.29, 1.82) is 0 Å². The first kappa shape index (κ1) is 27.0. The van der Waals surface area contributed by atoms with Gasteiger partial charge in [-0.05, 0) is 56.6 Å². The van der Waals surface area contributed by atoms with Crippen molar-refractivity contribution in [3.8, 4) is 0 Å². The Morgan fingerprint density at radius 1 is 1.32 bits per heavy atom. The van der Waals surface area contributed by atoms with Gasteiger partial charge in [0.1, 0.15) is 0 Å². The number of piperidine rings is 1. The summed E-state index contributed by atoms with van der Waals surface area (Å²) in [7, 11) is 0. The number of hydrogen-bond acceptors (Lipinski definition) is 5. The molecule has 2 aliphatic heterocycles. The molecule has 0 aromatic heterocycles. The Morgan fingerprint density at radius 3 is 2.64 bits per heavy atom. The maximum absolute atomic E-state index is 12.7. The first-order valence-electron chi connectivity index (χ1n) is 9.81. The van der Waals surface area contributed by atoms with E-state index in [4.69, 9.17) is 21.5 Å². The first-order valence-corrected chi connectivity index (χ1v) is 12.3. The monoisotopic (exact) mass is 510 g/mol. The van der Waals surface area contributed by atoms with Gasteiger partial charge in [0.2, 0.25) is 0 Å². The van der Waals surface area contributed by atoms with Gasteiger partial charge in [-0.2, -0.15) is 6.20 Å². The average molecular weight is 511 g/mol. The SMILES string of the molecule is [NH-]C/C=C\[N-]CCNCC(O)COP(=O)(Cl)N1CCC(N2CCCC2)CC1.[Y]. The number of aliphatic hydroxyl groups excluding tert-OH is 1. The molecule has 0 amide bonds. The van der Waals surface area contributed by atoms with E-state index >= 15 is 0 Å². The molecule has 2 aliphatic rings. The quantitative estimate of drug-likeness (QED) is 0.309. The van der Waals surface area contributed by atoms with Crippen LogP contribution in [0.2, 0.25) is 0 Å². The predicted octanol–water partition coefficient (Wildman–Crippen LogP) is 2.80. The number of nitrogens with one attached hydrogen (secondary N) is 2. The second-order valence-electron chi connectivity index (χ2n) is 7.03. The van der Waals surface area contributed by atoms with Crippen LogP contribution < -0.4 is 5.32 Å². The summed E-state index contributed by atoms with van der Waals surface area (Å²) in [5.74, 6) is 0. The van der Waals surface area contributed by atoms with Gasteiger partial charge in [0.05, 0.1) is 12.7 Å². The zero-order valence-electron chi connectivity index (χ0n) is 16.5. The molecule has 2 atom stereocenters. The number of hydrogen-bond donors (Lipinski definition) is 2. The molecule has 2 heterocycles. The Hall–Kier alpha value is 0.924. The van der Waals surface area contributed by atoms with Gasteiger partial charge in [-0.1, -0.05) is 0 Å². The fraction of sp³-hybridized carbons (Fsp3) is 0.882. The molecule has 0 aromatic carbocycles. The Labute approximate surface area is 199 Å². The summed E-state index contributed by atoms with van der Waals surface area (Å²) in [6, 6.07) is 0.566. The summed E-state index contributed by atoms with van der Waals surface area (Å²) >= 11 is 6.17. The third kappa shape index (κ3) is 9.82. The molecule has 2 unspecified atom stereocenters. The van der Waals surface area contributed by atoms with Crippen molar-refractivity contribution < 1.29 is 46.9 Å². The molecule has 0 aliphatic carbocycles. The molecule has 1 radical (unpaired) electrons. The fourth-order valence-corrected chi connectivity index (χ4v) is 5.35. The molecule has 0 aromatic rings. The minimum atomic E-state index is -3.38. The van der Waals surface area contributed by atoms with E-state index in [0.717, 1.165) is 12.8 Å². The molecule has 11 heteroatoms. The largest absolute Gasteiger partial charge is 0.690 e. The number of halogens is 1. The van der Waals surface area contributed by atoms with Crippen LogP contribution in [0.25, 0.3) is 11.1 Å². The molecule has 2 saturated heterocycles. The first-order chi connectivity index (χ1) is 13.0. The van der Waals surface area contributed by atoms with E-state index in [9.17, 15) is 9.67 Å². The third-order valence-electron chi connectivity index (χ3n) is 4.99. The van der Waals surface area contributed by atoms with Gasteiger partial charge in [-0.3, -0.25) is 4.57 Å². The van der Waals surface area contributed by atoms with Crippen LogP contribution in [-0.2, 0) is 41.8 Å². The topological polar surface area (TPSA) is 103 Å². The summed E-state index contributed by atoms with van der Waals surface area (Å²) in [5.41, 5.74) is 6.95. The predicted molar refractivity (Wildman–Crippen MR) is 110 cm³/mol. The van der Waals surface area contributed by atoms with Crippen LogP contribution in [0, 0.1) is 0 Å². The van der Waals surface area contributed by atoms with E-state index in [-0.39, 0.29) is 45.9 Å². The van der Waals surface area contributed by atoms with Gasteiger partial charge in [0.25, 0.3) is 0 Å². The van der Waals surface area contributed by atoms with Crippen LogP contribution in [0.4, 0.5) is 0 Å². The van der Waals surface area contributed by atoms with Crippen molar-refractivity contribution in [1.82, 2.24) is 14.9 Å². The smallest absolute Gasteiger partial charge is 0.363 e. The second kappa shape index (κ2) is 14.8. The Bertz CT molecular complexity index is 491. The molecule has 161 valence electrons. The molecule has 0 spiro atoms. The minimum absolute atomic E-state index is 0. The zero-order valence-corrected chi connectivity index (χ0v) is 21.0. The summed E-state index contributed by atoms with van der Waals surface area (Å²) in [6.07, 6.45) is 6.98. The van der Waals surface area contributed by atoms with Crippen LogP contribution in [0.1, 0.15) is 25.7 Å². The van der Waals surface area contributed by atoms with Gasteiger partial charge < -0.3 is 30.9 Å². The van der Waals surface area contributed by atoms with Crippen molar-refractivity contribution in [2.75, 3.05) is 59.0 Å². The molecule has 0 saturated carbocycles.